The third kappa shape index (κ3) is 5.70. The highest BCUT2D eigenvalue weighted by atomic mass is 16.1. The van der Waals surface area contributed by atoms with Crippen molar-refractivity contribution >= 4 is 23.1 Å². The molecule has 0 unspecified atom stereocenters. The molecule has 1 aliphatic rings. The summed E-state index contributed by atoms with van der Waals surface area (Å²) in [4.78, 5) is 21.2. The summed E-state index contributed by atoms with van der Waals surface area (Å²) >= 11 is 0. The normalized spacial score (nSPS) is 14.7. The summed E-state index contributed by atoms with van der Waals surface area (Å²) in [5, 5.41) is 6.23. The molecule has 28 heavy (non-hydrogen) atoms. The highest BCUT2D eigenvalue weighted by Crippen LogP contribution is 2.21. The van der Waals surface area contributed by atoms with E-state index in [1.807, 2.05) is 12.1 Å². The highest BCUT2D eigenvalue weighted by Gasteiger charge is 2.14. The molecule has 1 aliphatic heterocycles. The predicted octanol–water partition coefficient (Wildman–Crippen LogP) is 3.50. The molecule has 150 valence electrons. The molecule has 3 rings (SSSR count). The molecule has 0 spiro atoms. The van der Waals surface area contributed by atoms with E-state index in [0.29, 0.717) is 12.1 Å². The molecular weight excluding hydrogens is 350 g/mol. The maximum atomic E-state index is 12.1. The lowest BCUT2D eigenvalue weighted by Crippen LogP contribution is -2.44. The average molecular weight is 382 g/mol. The van der Waals surface area contributed by atoms with Crippen LogP contribution in [0.5, 0.6) is 0 Å². The molecule has 1 saturated heterocycles. The lowest BCUT2D eigenvalue weighted by Gasteiger charge is -2.34. The van der Waals surface area contributed by atoms with Gasteiger partial charge in [0.25, 0.3) is 5.91 Å². The van der Waals surface area contributed by atoms with Gasteiger partial charge in [-0.15, -0.1) is 0 Å². The van der Waals surface area contributed by atoms with Gasteiger partial charge < -0.3 is 20.4 Å². The quantitative estimate of drug-likeness (QED) is 0.686. The van der Waals surface area contributed by atoms with Gasteiger partial charge in [-0.3, -0.25) is 4.79 Å². The van der Waals surface area contributed by atoms with Gasteiger partial charge in [0.15, 0.2) is 0 Å². The van der Waals surface area contributed by atoms with Gasteiger partial charge in [-0.25, -0.2) is 4.98 Å². The number of carbonyl (C=O) groups excluding carboxylic acids is 1. The number of likely N-dealkylation sites (N-methyl/N-ethyl adjacent to an activating group) is 1. The van der Waals surface area contributed by atoms with E-state index in [1.165, 1.54) is 5.69 Å². The average Bonchev–Trinajstić information content (AvgIpc) is 2.73. The van der Waals surface area contributed by atoms with Gasteiger partial charge in [-0.05, 0) is 49.9 Å². The largest absolute Gasteiger partial charge is 0.369 e. The number of hydrogen-bond donors (Lipinski definition) is 2. The maximum absolute atomic E-state index is 12.1. The van der Waals surface area contributed by atoms with Crippen molar-refractivity contribution in [3.63, 3.8) is 0 Å². The minimum Gasteiger partial charge on any atom is -0.369 e. The Morgan fingerprint density at radius 1 is 1.04 bits per heavy atom. The van der Waals surface area contributed by atoms with Gasteiger partial charge in [0.1, 0.15) is 5.82 Å². The second-order valence-corrected chi connectivity index (χ2v) is 7.36. The Balaban J connectivity index is 1.51. The second kappa shape index (κ2) is 10.1. The molecule has 2 heterocycles. The van der Waals surface area contributed by atoms with Gasteiger partial charge in [0.2, 0.25) is 0 Å². The zero-order chi connectivity index (χ0) is 19.8. The monoisotopic (exact) mass is 381 g/mol. The Morgan fingerprint density at radius 3 is 2.43 bits per heavy atom. The first-order chi connectivity index (χ1) is 13.7. The first kappa shape index (κ1) is 20.1. The van der Waals surface area contributed by atoms with Crippen molar-refractivity contribution < 1.29 is 4.79 Å². The van der Waals surface area contributed by atoms with Crippen molar-refractivity contribution in [2.75, 3.05) is 50.0 Å². The van der Waals surface area contributed by atoms with E-state index in [4.69, 9.17) is 0 Å². The zero-order valence-corrected chi connectivity index (χ0v) is 16.9. The molecule has 2 N–H and O–H groups in total. The molecule has 0 aliphatic carbocycles. The molecule has 1 aromatic carbocycles. The number of anilines is 3. The van der Waals surface area contributed by atoms with Crippen molar-refractivity contribution in [1.29, 1.82) is 0 Å². The number of piperazine rings is 1. The van der Waals surface area contributed by atoms with Gasteiger partial charge >= 0.3 is 0 Å². The van der Waals surface area contributed by atoms with Crippen LogP contribution in [0.15, 0.2) is 42.6 Å². The van der Waals surface area contributed by atoms with Gasteiger partial charge in [0.05, 0.1) is 5.56 Å². The van der Waals surface area contributed by atoms with Crippen molar-refractivity contribution in [2.45, 2.75) is 26.2 Å². The van der Waals surface area contributed by atoms with Crippen LogP contribution in [0.25, 0.3) is 0 Å². The van der Waals surface area contributed by atoms with Crippen LogP contribution in [0.3, 0.4) is 0 Å². The summed E-state index contributed by atoms with van der Waals surface area (Å²) < 4.78 is 0. The fourth-order valence-corrected chi connectivity index (χ4v) is 3.25. The van der Waals surface area contributed by atoms with E-state index >= 15 is 0 Å². The fourth-order valence-electron chi connectivity index (χ4n) is 3.25. The van der Waals surface area contributed by atoms with Crippen LogP contribution in [0.1, 0.15) is 36.5 Å². The van der Waals surface area contributed by atoms with E-state index < -0.39 is 0 Å². The molecular formula is C22H31N5O. The van der Waals surface area contributed by atoms with Crippen molar-refractivity contribution in [1.82, 2.24) is 15.2 Å². The van der Waals surface area contributed by atoms with Crippen LogP contribution in [0, 0.1) is 0 Å². The lowest BCUT2D eigenvalue weighted by atomic mass is 10.2. The molecule has 1 amide bonds. The number of rotatable bonds is 8. The molecule has 2 aromatic rings. The Morgan fingerprint density at radius 2 is 1.79 bits per heavy atom. The number of hydrogen-bond acceptors (Lipinski definition) is 5. The van der Waals surface area contributed by atoms with Crippen LogP contribution in [-0.4, -0.2) is 55.6 Å². The molecule has 0 radical (unpaired) electrons. The summed E-state index contributed by atoms with van der Waals surface area (Å²) in [5.41, 5.74) is 2.83. The highest BCUT2D eigenvalue weighted by molar-refractivity contribution is 5.94. The van der Waals surface area contributed by atoms with Crippen LogP contribution >= 0.6 is 0 Å². The van der Waals surface area contributed by atoms with Crippen LogP contribution in [0.2, 0.25) is 0 Å². The Kier molecular flexibility index (Phi) is 7.25. The summed E-state index contributed by atoms with van der Waals surface area (Å²) in [6, 6.07) is 12.1. The number of carbonyl (C=O) groups is 1. The number of nitrogens with one attached hydrogen (secondary N) is 2. The van der Waals surface area contributed by atoms with Crippen LogP contribution < -0.4 is 15.5 Å². The smallest absolute Gasteiger partial charge is 0.252 e. The maximum Gasteiger partial charge on any atom is 0.252 e. The first-order valence-corrected chi connectivity index (χ1v) is 10.2. The summed E-state index contributed by atoms with van der Waals surface area (Å²) in [5.74, 6) is 0.668. The van der Waals surface area contributed by atoms with Crippen molar-refractivity contribution in [3.8, 4) is 0 Å². The predicted molar refractivity (Wildman–Crippen MR) is 116 cm³/mol. The van der Waals surface area contributed by atoms with Crippen LogP contribution in [-0.2, 0) is 0 Å². The molecule has 0 atom stereocenters. The minimum absolute atomic E-state index is 0.0633. The number of nitrogens with zero attached hydrogens (tertiary/aromatic N) is 3. The molecule has 1 aromatic heterocycles. The van der Waals surface area contributed by atoms with Gasteiger partial charge in [-0.2, -0.15) is 0 Å². The van der Waals surface area contributed by atoms with E-state index in [9.17, 15) is 4.79 Å². The number of benzene rings is 1. The van der Waals surface area contributed by atoms with Gasteiger partial charge in [0, 0.05) is 50.3 Å². The lowest BCUT2D eigenvalue weighted by molar-refractivity contribution is 0.0952. The summed E-state index contributed by atoms with van der Waals surface area (Å²) in [6.45, 7) is 7.19. The topological polar surface area (TPSA) is 60.5 Å². The summed E-state index contributed by atoms with van der Waals surface area (Å²) in [6.07, 6.45) is 4.92. The van der Waals surface area contributed by atoms with Gasteiger partial charge in [-0.1, -0.05) is 19.8 Å². The van der Waals surface area contributed by atoms with E-state index in [0.717, 1.165) is 56.9 Å². The van der Waals surface area contributed by atoms with Crippen LogP contribution in [0.4, 0.5) is 17.2 Å². The summed E-state index contributed by atoms with van der Waals surface area (Å²) in [7, 11) is 2.17. The fraction of sp³-hybridized carbons (Fsp3) is 0.455. The number of pyridine rings is 1. The molecule has 6 heteroatoms. The van der Waals surface area contributed by atoms with E-state index in [2.05, 4.69) is 63.7 Å². The standard InChI is InChI=1S/C22H31N5O/c1-3-4-5-12-23-22(28)18-6-11-21(24-17-18)25-19-7-9-20(10-8-19)27-15-13-26(2)14-16-27/h6-11,17H,3-5,12-16H2,1-2H3,(H,23,28)(H,24,25). The Labute approximate surface area is 167 Å². The van der Waals surface area contributed by atoms with Crippen molar-refractivity contribution in [2.24, 2.45) is 0 Å². The third-order valence-electron chi connectivity index (χ3n) is 5.10. The molecule has 1 fully saturated rings. The third-order valence-corrected chi connectivity index (χ3v) is 5.10. The Hall–Kier alpha value is -2.60. The minimum atomic E-state index is -0.0633. The molecule has 0 saturated carbocycles. The van der Waals surface area contributed by atoms with Crippen molar-refractivity contribution in [3.05, 3.63) is 48.2 Å². The SMILES string of the molecule is CCCCCNC(=O)c1ccc(Nc2ccc(N3CCN(C)CC3)cc2)nc1. The van der Waals surface area contributed by atoms with E-state index in [1.54, 1.807) is 6.20 Å². The first-order valence-electron chi connectivity index (χ1n) is 10.2. The molecule has 6 nitrogen and oxygen atoms in total. The van der Waals surface area contributed by atoms with E-state index in [-0.39, 0.29) is 5.91 Å². The Bertz CT molecular complexity index is 737. The number of unbranched alkanes of at least 4 members (excludes halogenated alkanes) is 2. The number of amides is 1. The zero-order valence-electron chi connectivity index (χ0n) is 16.9. The second-order valence-electron chi connectivity index (χ2n) is 7.36. The molecule has 0 bridgehead atoms. The number of aromatic nitrogens is 1.